The fourth-order valence-corrected chi connectivity index (χ4v) is 5.24. The molecule has 1 fully saturated rings. The van der Waals surface area contributed by atoms with Gasteiger partial charge in [0.25, 0.3) is 0 Å². The van der Waals surface area contributed by atoms with Crippen molar-refractivity contribution >= 4 is 0 Å². The predicted molar refractivity (Wildman–Crippen MR) is 98.0 cm³/mol. The fourth-order valence-electron chi connectivity index (χ4n) is 5.24. The van der Waals surface area contributed by atoms with Gasteiger partial charge in [-0.05, 0) is 69.6 Å². The van der Waals surface area contributed by atoms with Crippen LogP contribution in [0.1, 0.15) is 83.3 Å². The highest BCUT2D eigenvalue weighted by atomic mass is 16.5. The lowest BCUT2D eigenvalue weighted by molar-refractivity contribution is -0.00440. The predicted octanol–water partition coefficient (Wildman–Crippen LogP) is 5.87. The van der Waals surface area contributed by atoms with E-state index < -0.39 is 0 Å². The van der Waals surface area contributed by atoms with Crippen molar-refractivity contribution in [2.45, 2.75) is 90.3 Å². The number of hydrogen-bond acceptors (Lipinski definition) is 2. The van der Waals surface area contributed by atoms with Gasteiger partial charge in [0, 0.05) is 17.4 Å². The first-order valence-electron chi connectivity index (χ1n) is 10.0. The Kier molecular flexibility index (Phi) is 4.05. The zero-order valence-corrected chi connectivity index (χ0v) is 15.7. The zero-order chi connectivity index (χ0) is 16.9. The molecule has 0 N–H and O–H groups in total. The van der Waals surface area contributed by atoms with Crippen LogP contribution in [0.25, 0.3) is 0 Å². The third-order valence-corrected chi connectivity index (χ3v) is 6.69. The van der Waals surface area contributed by atoms with Crippen LogP contribution in [0.5, 0.6) is 11.5 Å². The van der Waals surface area contributed by atoms with Crippen LogP contribution in [0.3, 0.4) is 0 Å². The second-order valence-electron chi connectivity index (χ2n) is 8.83. The van der Waals surface area contributed by atoms with Crippen molar-refractivity contribution in [3.63, 3.8) is 0 Å². The molecule has 1 saturated carbocycles. The van der Waals surface area contributed by atoms with Crippen LogP contribution in [-0.2, 0) is 6.42 Å². The molecule has 3 aliphatic rings. The third kappa shape index (κ3) is 2.62. The first kappa shape index (κ1) is 16.3. The van der Waals surface area contributed by atoms with Gasteiger partial charge in [-0.1, -0.05) is 26.7 Å². The van der Waals surface area contributed by atoms with Gasteiger partial charge >= 0.3 is 0 Å². The standard InChI is InChI=1S/C22H32O2/c1-5-6-7-8-15-11-19-21-16-13-18(23-19)14(2)9-10-17(16)22(3,4)24-20(21)12-15/h11-12,14,16-18H,5-10,13H2,1-4H3/t14-,16?,17?,18?/m1/s1. The van der Waals surface area contributed by atoms with Crippen molar-refractivity contribution in [1.29, 1.82) is 0 Å². The summed E-state index contributed by atoms with van der Waals surface area (Å²) in [4.78, 5) is 0. The Labute approximate surface area is 146 Å². The van der Waals surface area contributed by atoms with Crippen molar-refractivity contribution in [3.05, 3.63) is 23.3 Å². The van der Waals surface area contributed by atoms with Gasteiger partial charge < -0.3 is 9.47 Å². The average molecular weight is 328 g/mol. The first-order valence-corrected chi connectivity index (χ1v) is 10.0. The molecule has 0 spiro atoms. The largest absolute Gasteiger partial charge is 0.490 e. The third-order valence-electron chi connectivity index (χ3n) is 6.69. The van der Waals surface area contributed by atoms with Gasteiger partial charge in [0.05, 0.1) is 0 Å². The first-order chi connectivity index (χ1) is 11.5. The average Bonchev–Trinajstić information content (AvgIpc) is 2.65. The van der Waals surface area contributed by atoms with E-state index in [1.807, 2.05) is 0 Å². The van der Waals surface area contributed by atoms with Gasteiger partial charge in [-0.25, -0.2) is 0 Å². The number of unbranched alkanes of at least 4 members (excludes halogenated alkanes) is 2. The number of ether oxygens (including phenoxy) is 2. The van der Waals surface area contributed by atoms with Gasteiger partial charge in [-0.3, -0.25) is 0 Å². The molecule has 4 atom stereocenters. The molecule has 24 heavy (non-hydrogen) atoms. The molecular formula is C22H32O2. The number of hydrogen-bond donors (Lipinski definition) is 0. The van der Waals surface area contributed by atoms with Crippen LogP contribution in [0.15, 0.2) is 12.1 Å². The van der Waals surface area contributed by atoms with Crippen LogP contribution >= 0.6 is 0 Å². The highest BCUT2D eigenvalue weighted by Crippen LogP contribution is 2.57. The SMILES string of the molecule is CCCCCc1cc2c3c(c1)OC(C)(C)C1CC[C@@H](C)C(CC31)O2. The van der Waals surface area contributed by atoms with E-state index in [1.54, 1.807) is 0 Å². The van der Waals surface area contributed by atoms with Crippen LogP contribution in [0.2, 0.25) is 0 Å². The molecule has 4 rings (SSSR count). The van der Waals surface area contributed by atoms with Crippen molar-refractivity contribution in [3.8, 4) is 11.5 Å². The lowest BCUT2D eigenvalue weighted by atomic mass is 9.70. The fraction of sp³-hybridized carbons (Fsp3) is 0.727. The molecule has 1 aromatic rings. The Morgan fingerprint density at radius 2 is 1.92 bits per heavy atom. The summed E-state index contributed by atoms with van der Waals surface area (Å²) in [6.07, 6.45) is 9.03. The Bertz CT molecular complexity index is 619. The molecule has 2 heterocycles. The van der Waals surface area contributed by atoms with Crippen LogP contribution < -0.4 is 9.47 Å². The van der Waals surface area contributed by atoms with Gasteiger partial charge in [0.2, 0.25) is 0 Å². The van der Waals surface area contributed by atoms with E-state index >= 15 is 0 Å². The molecule has 1 aromatic carbocycles. The summed E-state index contributed by atoms with van der Waals surface area (Å²) in [5.41, 5.74) is 2.70. The van der Waals surface area contributed by atoms with E-state index in [-0.39, 0.29) is 5.60 Å². The number of rotatable bonds is 4. The lowest BCUT2D eigenvalue weighted by Crippen LogP contribution is -2.46. The molecule has 2 bridgehead atoms. The summed E-state index contributed by atoms with van der Waals surface area (Å²) in [5, 5.41) is 0. The topological polar surface area (TPSA) is 18.5 Å². The van der Waals surface area contributed by atoms with Crippen molar-refractivity contribution in [2.24, 2.45) is 11.8 Å². The molecule has 2 aliphatic heterocycles. The maximum atomic E-state index is 6.55. The molecule has 0 saturated heterocycles. The lowest BCUT2D eigenvalue weighted by Gasteiger charge is -2.47. The van der Waals surface area contributed by atoms with E-state index in [4.69, 9.17) is 9.47 Å². The molecular weight excluding hydrogens is 296 g/mol. The second-order valence-corrected chi connectivity index (χ2v) is 8.83. The molecule has 1 aliphatic carbocycles. The Balaban J connectivity index is 1.76. The minimum absolute atomic E-state index is 0.0665. The summed E-state index contributed by atoms with van der Waals surface area (Å²) >= 11 is 0. The van der Waals surface area contributed by atoms with Gasteiger partial charge in [-0.2, -0.15) is 0 Å². The van der Waals surface area contributed by atoms with E-state index in [1.165, 1.54) is 49.7 Å². The van der Waals surface area contributed by atoms with Crippen LogP contribution in [0, 0.1) is 11.8 Å². The summed E-state index contributed by atoms with van der Waals surface area (Å²) in [5.74, 6) is 4.12. The van der Waals surface area contributed by atoms with E-state index in [9.17, 15) is 0 Å². The van der Waals surface area contributed by atoms with Crippen molar-refractivity contribution in [1.82, 2.24) is 0 Å². The van der Waals surface area contributed by atoms with Crippen molar-refractivity contribution in [2.75, 3.05) is 0 Å². The molecule has 0 amide bonds. The maximum Gasteiger partial charge on any atom is 0.127 e. The smallest absolute Gasteiger partial charge is 0.127 e. The van der Waals surface area contributed by atoms with Gasteiger partial charge in [-0.15, -0.1) is 0 Å². The minimum Gasteiger partial charge on any atom is -0.490 e. The normalized spacial score (nSPS) is 32.5. The van der Waals surface area contributed by atoms with E-state index in [0.29, 0.717) is 23.9 Å². The minimum atomic E-state index is -0.0665. The molecule has 0 aromatic heterocycles. The van der Waals surface area contributed by atoms with Crippen molar-refractivity contribution < 1.29 is 9.47 Å². The highest BCUT2D eigenvalue weighted by molar-refractivity contribution is 5.54. The summed E-state index contributed by atoms with van der Waals surface area (Å²) < 4.78 is 13.0. The van der Waals surface area contributed by atoms with Crippen LogP contribution in [0.4, 0.5) is 0 Å². The molecule has 2 nitrogen and oxygen atoms in total. The number of fused-ring (bicyclic) bond motifs is 1. The van der Waals surface area contributed by atoms with Gasteiger partial charge in [0.15, 0.2) is 0 Å². The molecule has 132 valence electrons. The van der Waals surface area contributed by atoms with Gasteiger partial charge in [0.1, 0.15) is 23.2 Å². The Hall–Kier alpha value is -1.18. The monoisotopic (exact) mass is 328 g/mol. The second kappa shape index (κ2) is 5.97. The summed E-state index contributed by atoms with van der Waals surface area (Å²) in [6, 6.07) is 4.63. The zero-order valence-electron chi connectivity index (χ0n) is 15.7. The molecule has 3 unspecified atom stereocenters. The Morgan fingerprint density at radius 3 is 2.71 bits per heavy atom. The quantitative estimate of drug-likeness (QED) is 0.643. The van der Waals surface area contributed by atoms with E-state index in [0.717, 1.165) is 17.9 Å². The Morgan fingerprint density at radius 1 is 1.12 bits per heavy atom. The van der Waals surface area contributed by atoms with E-state index in [2.05, 4.69) is 39.8 Å². The highest BCUT2D eigenvalue weighted by Gasteiger charge is 2.50. The van der Waals surface area contributed by atoms with Crippen LogP contribution in [-0.4, -0.2) is 11.7 Å². The summed E-state index contributed by atoms with van der Waals surface area (Å²) in [6.45, 7) is 9.22. The molecule has 2 heteroatoms. The number of aryl methyl sites for hydroxylation is 1. The summed E-state index contributed by atoms with van der Waals surface area (Å²) in [7, 11) is 0. The number of benzene rings is 1. The maximum absolute atomic E-state index is 6.55. The molecule has 0 radical (unpaired) electrons.